The number of nitrogens with one attached hydrogen (secondary N) is 6. The van der Waals surface area contributed by atoms with Crippen molar-refractivity contribution >= 4 is 43.0 Å². The highest BCUT2D eigenvalue weighted by molar-refractivity contribution is 7.52. The molecule has 0 fully saturated rings. The third-order valence-corrected chi connectivity index (χ3v) is 10.2. The zero-order valence-corrected chi connectivity index (χ0v) is 36.7. The molecule has 0 saturated carbocycles. The van der Waals surface area contributed by atoms with Crippen molar-refractivity contribution < 1.29 is 57.0 Å². The van der Waals surface area contributed by atoms with Gasteiger partial charge in [-0.15, -0.1) is 0 Å². The fourth-order valence-electron chi connectivity index (χ4n) is 5.10. The van der Waals surface area contributed by atoms with Crippen molar-refractivity contribution in [1.29, 1.82) is 0 Å². The van der Waals surface area contributed by atoms with Crippen LogP contribution in [-0.4, -0.2) is 126 Å². The quantitative estimate of drug-likeness (QED) is 0.0387. The standard InChI is InChI=1S/C39H75N6O12P.CH4/c1-6-24-54-28-21-41-35(47)18-16-32(38(50)42-22-29-55-25-7-2)45-37(49)19-17-33(39(51)43-23-30-56-26-8-3)44-36(48)15-13-14-34(46)40-20-11-9-10-12-27-57-58(52,53)31(4)5;/h31-33H,6-30H2,1-5H3,(H,40,46)(H,41,47)(H,42,50)(H,43,51)(H,44,48)(H,45,49)(H,52,53);1H4/p-1. The molecule has 0 saturated heterocycles. The Morgan fingerprint density at radius 1 is 0.508 bits per heavy atom. The van der Waals surface area contributed by atoms with Gasteiger partial charge in [0.1, 0.15) is 19.7 Å². The second-order valence-corrected chi connectivity index (χ2v) is 16.5. The van der Waals surface area contributed by atoms with Crippen LogP contribution in [0.25, 0.3) is 0 Å². The minimum absolute atomic E-state index is 0. The molecule has 0 heterocycles. The summed E-state index contributed by atoms with van der Waals surface area (Å²) in [6, 6.07) is -2.10. The first kappa shape index (κ1) is 57.9. The Hall–Kier alpha value is -3.15. The second-order valence-electron chi connectivity index (χ2n) is 14.2. The molecule has 6 amide bonds. The molecule has 0 radical (unpaired) electrons. The molecule has 346 valence electrons. The van der Waals surface area contributed by atoms with Crippen LogP contribution < -0.4 is 36.8 Å². The Balaban J connectivity index is 0. The van der Waals surface area contributed by atoms with Gasteiger partial charge >= 0.3 is 0 Å². The average Bonchev–Trinajstić information content (AvgIpc) is 3.18. The van der Waals surface area contributed by atoms with Crippen LogP contribution in [0, 0.1) is 0 Å². The van der Waals surface area contributed by atoms with Crippen molar-refractivity contribution in [2.45, 2.75) is 150 Å². The van der Waals surface area contributed by atoms with E-state index in [0.29, 0.717) is 52.4 Å². The summed E-state index contributed by atoms with van der Waals surface area (Å²) in [5, 5.41) is 16.4. The van der Waals surface area contributed by atoms with Crippen molar-refractivity contribution in [3.63, 3.8) is 0 Å². The number of hydrogen-bond acceptors (Lipinski definition) is 12. The minimum Gasteiger partial charge on any atom is -0.778 e. The first-order valence-electron chi connectivity index (χ1n) is 21.1. The van der Waals surface area contributed by atoms with Gasteiger partial charge in [0, 0.05) is 77.3 Å². The van der Waals surface area contributed by atoms with Crippen LogP contribution in [0.15, 0.2) is 0 Å². The number of rotatable bonds is 38. The molecular formula is C40H78N6O12P-. The van der Waals surface area contributed by atoms with Gasteiger partial charge in [-0.3, -0.25) is 28.8 Å². The van der Waals surface area contributed by atoms with Gasteiger partial charge in [0.05, 0.1) is 26.4 Å². The molecular weight excluding hydrogens is 787 g/mol. The average molecular weight is 866 g/mol. The van der Waals surface area contributed by atoms with Crippen LogP contribution in [0.4, 0.5) is 0 Å². The summed E-state index contributed by atoms with van der Waals surface area (Å²) in [7, 11) is -3.81. The Morgan fingerprint density at radius 2 is 0.915 bits per heavy atom. The molecule has 59 heavy (non-hydrogen) atoms. The van der Waals surface area contributed by atoms with Gasteiger partial charge in [-0.2, -0.15) is 0 Å². The van der Waals surface area contributed by atoms with Gasteiger partial charge in [0.15, 0.2) is 0 Å². The third kappa shape index (κ3) is 33.3. The lowest BCUT2D eigenvalue weighted by atomic mass is 10.1. The van der Waals surface area contributed by atoms with Crippen molar-refractivity contribution in [2.75, 3.05) is 72.4 Å². The van der Waals surface area contributed by atoms with Gasteiger partial charge in [-0.05, 0) is 51.4 Å². The van der Waals surface area contributed by atoms with E-state index in [-0.39, 0.29) is 97.1 Å². The van der Waals surface area contributed by atoms with E-state index in [9.17, 15) is 38.2 Å². The summed E-state index contributed by atoms with van der Waals surface area (Å²) in [4.78, 5) is 88.7. The predicted octanol–water partition coefficient (Wildman–Crippen LogP) is 2.61. The van der Waals surface area contributed by atoms with Crippen molar-refractivity contribution in [3.05, 3.63) is 0 Å². The largest absolute Gasteiger partial charge is 0.778 e. The molecule has 19 heteroatoms. The molecule has 18 nitrogen and oxygen atoms in total. The molecule has 0 aliphatic carbocycles. The SMILES string of the molecule is C.CCCOCCNC(=O)CCC(NC(=O)CCC(NC(=O)CCCC(=O)NCCCCCCOP(=O)([O-])C(C)C)C(=O)NCCOCCC)C(=O)NCCOCCC. The Labute approximate surface area is 353 Å². The fourth-order valence-corrected chi connectivity index (χ4v) is 5.78. The molecule has 6 N–H and O–H groups in total. The van der Waals surface area contributed by atoms with Crippen LogP contribution in [0.5, 0.6) is 0 Å². The van der Waals surface area contributed by atoms with Crippen LogP contribution in [0.3, 0.4) is 0 Å². The van der Waals surface area contributed by atoms with E-state index >= 15 is 0 Å². The number of carbonyl (C=O) groups is 6. The Morgan fingerprint density at radius 3 is 1.41 bits per heavy atom. The molecule has 3 unspecified atom stereocenters. The third-order valence-electron chi connectivity index (χ3n) is 8.43. The van der Waals surface area contributed by atoms with E-state index < -0.39 is 49.0 Å². The number of hydrogen-bond donors (Lipinski definition) is 6. The van der Waals surface area contributed by atoms with Gasteiger partial charge in [0.25, 0.3) is 0 Å². The smallest absolute Gasteiger partial charge is 0.242 e. The molecule has 0 aliphatic rings. The lowest BCUT2D eigenvalue weighted by Gasteiger charge is -2.26. The summed E-state index contributed by atoms with van der Waals surface area (Å²) in [6.07, 6.45) is 5.39. The molecule has 3 atom stereocenters. The fraction of sp³-hybridized carbons (Fsp3) is 0.850. The number of ether oxygens (including phenoxy) is 3. The highest BCUT2D eigenvalue weighted by atomic mass is 31.2. The van der Waals surface area contributed by atoms with Gasteiger partial charge in [0.2, 0.25) is 35.4 Å². The zero-order chi connectivity index (χ0) is 43.4. The van der Waals surface area contributed by atoms with Gasteiger partial charge < -0.3 is 60.1 Å². The zero-order valence-electron chi connectivity index (χ0n) is 35.8. The molecule has 0 spiro atoms. The van der Waals surface area contributed by atoms with Crippen LogP contribution in [-0.2, 0) is 52.1 Å². The topological polar surface area (TPSA) is 252 Å². The first-order valence-corrected chi connectivity index (χ1v) is 22.7. The molecule has 0 rings (SSSR count). The van der Waals surface area contributed by atoms with Crippen molar-refractivity contribution in [2.24, 2.45) is 0 Å². The minimum atomic E-state index is -3.81. The highest BCUT2D eigenvalue weighted by Crippen LogP contribution is 2.42. The van der Waals surface area contributed by atoms with E-state index in [1.807, 2.05) is 20.8 Å². The summed E-state index contributed by atoms with van der Waals surface area (Å²) in [6.45, 7) is 13.0. The van der Waals surface area contributed by atoms with E-state index in [1.165, 1.54) is 0 Å². The lowest BCUT2D eigenvalue weighted by molar-refractivity contribution is -0.200. The Bertz CT molecular complexity index is 1210. The van der Waals surface area contributed by atoms with Crippen LogP contribution >= 0.6 is 7.60 Å². The van der Waals surface area contributed by atoms with Crippen molar-refractivity contribution in [3.8, 4) is 0 Å². The van der Waals surface area contributed by atoms with Crippen molar-refractivity contribution in [1.82, 2.24) is 31.9 Å². The van der Waals surface area contributed by atoms with E-state index in [0.717, 1.165) is 32.1 Å². The maximum atomic E-state index is 13.1. The number of carbonyl (C=O) groups excluding carboxylic acids is 6. The highest BCUT2D eigenvalue weighted by Gasteiger charge is 2.25. The van der Waals surface area contributed by atoms with E-state index in [1.54, 1.807) is 13.8 Å². The van der Waals surface area contributed by atoms with Crippen LogP contribution in [0.1, 0.15) is 132 Å². The maximum Gasteiger partial charge on any atom is 0.242 e. The van der Waals surface area contributed by atoms with Gasteiger partial charge in [-0.25, -0.2) is 0 Å². The lowest BCUT2D eigenvalue weighted by Crippen LogP contribution is -2.50. The Kier molecular flexibility index (Phi) is 37.1. The van der Waals surface area contributed by atoms with E-state index in [2.05, 4.69) is 31.9 Å². The summed E-state index contributed by atoms with van der Waals surface area (Å²) in [5.74, 6) is -2.51. The molecule has 0 aromatic heterocycles. The van der Waals surface area contributed by atoms with Crippen LogP contribution in [0.2, 0.25) is 0 Å². The normalized spacial score (nSPS) is 13.0. The summed E-state index contributed by atoms with van der Waals surface area (Å²) >= 11 is 0. The number of unbranched alkanes of at least 4 members (excludes halogenated alkanes) is 3. The summed E-state index contributed by atoms with van der Waals surface area (Å²) < 4.78 is 32.9. The molecule has 0 aromatic carbocycles. The second kappa shape index (κ2) is 37.8. The number of amides is 6. The van der Waals surface area contributed by atoms with E-state index in [4.69, 9.17) is 18.7 Å². The van der Waals surface area contributed by atoms with Gasteiger partial charge in [-0.1, -0.05) is 54.9 Å². The molecule has 0 aromatic rings. The molecule has 0 bridgehead atoms. The first-order chi connectivity index (χ1) is 27.8. The molecule has 0 aliphatic heterocycles. The summed E-state index contributed by atoms with van der Waals surface area (Å²) in [5.41, 5.74) is -0.559. The predicted molar refractivity (Wildman–Crippen MR) is 225 cm³/mol. The monoisotopic (exact) mass is 866 g/mol. The maximum absolute atomic E-state index is 13.1.